The molecule has 1 atom stereocenters. The van der Waals surface area contributed by atoms with Crippen LogP contribution < -0.4 is 10.6 Å². The van der Waals surface area contributed by atoms with Gasteiger partial charge in [0.05, 0.1) is 23.5 Å². The van der Waals surface area contributed by atoms with Crippen LogP contribution in [0.15, 0.2) is 79.5 Å². The van der Waals surface area contributed by atoms with E-state index in [4.69, 9.17) is 10.7 Å². The van der Waals surface area contributed by atoms with E-state index >= 15 is 0 Å². The Labute approximate surface area is 231 Å². The highest BCUT2D eigenvalue weighted by Crippen LogP contribution is 2.32. The normalized spacial score (nSPS) is 14.3. The first-order valence-electron chi connectivity index (χ1n) is 13.2. The van der Waals surface area contributed by atoms with Crippen LogP contribution in [0.4, 0.5) is 5.82 Å². The van der Waals surface area contributed by atoms with E-state index in [1.165, 1.54) is 0 Å². The fourth-order valence-corrected chi connectivity index (χ4v) is 5.20. The number of anilines is 1. The van der Waals surface area contributed by atoms with Crippen molar-refractivity contribution >= 4 is 17.2 Å². The number of benzene rings is 1. The number of nitrogens with zero attached hydrogens (tertiary/aromatic N) is 8. The molecule has 2 N–H and O–H groups in total. The van der Waals surface area contributed by atoms with Crippen LogP contribution in [0.5, 0.6) is 0 Å². The van der Waals surface area contributed by atoms with Crippen molar-refractivity contribution in [1.82, 2.24) is 29.3 Å². The highest BCUT2D eigenvalue weighted by molar-refractivity contribution is 5.87. The average molecular weight is 532 g/mol. The van der Waals surface area contributed by atoms with Gasteiger partial charge < -0.3 is 15.5 Å². The molecular weight excluding hydrogens is 502 g/mol. The highest BCUT2D eigenvalue weighted by Gasteiger charge is 2.24. The molecule has 4 aromatic heterocycles. The molecular formula is C30H29N9O. The number of carbonyl (C=O) groups excluding carboxylic acids is 1. The van der Waals surface area contributed by atoms with Crippen LogP contribution >= 0.6 is 0 Å². The molecule has 0 radical (unpaired) electrons. The van der Waals surface area contributed by atoms with Gasteiger partial charge in [0.25, 0.3) is 0 Å². The summed E-state index contributed by atoms with van der Waals surface area (Å²) in [6, 6.07) is 17.8. The van der Waals surface area contributed by atoms with Gasteiger partial charge in [0.2, 0.25) is 5.91 Å². The lowest BCUT2D eigenvalue weighted by molar-refractivity contribution is -0.131. The predicted octanol–water partition coefficient (Wildman–Crippen LogP) is 3.41. The number of carbonyl (C=O) groups is 1. The minimum absolute atomic E-state index is 0.0749. The van der Waals surface area contributed by atoms with Gasteiger partial charge in [-0.05, 0) is 23.8 Å². The molecule has 1 aliphatic rings. The quantitative estimate of drug-likeness (QED) is 0.356. The summed E-state index contributed by atoms with van der Waals surface area (Å²) in [5.74, 6) is 0.927. The van der Waals surface area contributed by atoms with Gasteiger partial charge in [-0.25, -0.2) is 9.50 Å². The molecule has 5 heterocycles. The third-order valence-electron chi connectivity index (χ3n) is 7.41. The van der Waals surface area contributed by atoms with Gasteiger partial charge >= 0.3 is 0 Å². The van der Waals surface area contributed by atoms with Gasteiger partial charge in [0, 0.05) is 86.5 Å². The van der Waals surface area contributed by atoms with Crippen molar-refractivity contribution in [3.05, 3.63) is 90.6 Å². The number of nitrogens with two attached hydrogens (primary N) is 1. The molecule has 10 heteroatoms. The molecule has 1 fully saturated rings. The number of rotatable bonds is 6. The van der Waals surface area contributed by atoms with Crippen molar-refractivity contribution in [1.29, 1.82) is 5.26 Å². The Bertz CT molecular complexity index is 1690. The molecule has 0 spiro atoms. The van der Waals surface area contributed by atoms with Crippen molar-refractivity contribution in [2.45, 2.75) is 12.5 Å². The maximum atomic E-state index is 12.9. The summed E-state index contributed by atoms with van der Waals surface area (Å²) in [4.78, 5) is 21.7. The maximum Gasteiger partial charge on any atom is 0.224 e. The lowest BCUT2D eigenvalue weighted by Gasteiger charge is -2.36. The van der Waals surface area contributed by atoms with Crippen LogP contribution in [-0.4, -0.2) is 61.4 Å². The highest BCUT2D eigenvalue weighted by atomic mass is 16.2. The summed E-state index contributed by atoms with van der Waals surface area (Å²) in [5, 5.41) is 18.4. The van der Waals surface area contributed by atoms with Gasteiger partial charge in [0.15, 0.2) is 0 Å². The van der Waals surface area contributed by atoms with E-state index in [-0.39, 0.29) is 11.9 Å². The average Bonchev–Trinajstić information content (AvgIpc) is 3.63. The van der Waals surface area contributed by atoms with Crippen LogP contribution in [0.25, 0.3) is 27.8 Å². The number of pyridine rings is 2. The lowest BCUT2D eigenvalue weighted by atomic mass is 10.0. The number of aryl methyl sites for hydroxylation is 1. The molecule has 200 valence electrons. The van der Waals surface area contributed by atoms with Gasteiger partial charge in [-0.1, -0.05) is 30.3 Å². The Morgan fingerprint density at radius 3 is 2.45 bits per heavy atom. The number of aromatic nitrogens is 5. The molecule has 0 bridgehead atoms. The topological polar surface area (TPSA) is 121 Å². The SMILES string of the molecule is Cn1cc(-c2cc(-c3ccc(N4CCN(C(=O)CC(N)c5ccccc5)CC4)nc3)c3c(C#N)cnn3c2)cn1. The second kappa shape index (κ2) is 10.6. The summed E-state index contributed by atoms with van der Waals surface area (Å²) < 4.78 is 3.49. The molecule has 0 saturated carbocycles. The zero-order chi connectivity index (χ0) is 27.6. The molecule has 1 amide bonds. The molecule has 6 rings (SSSR count). The third kappa shape index (κ3) is 4.90. The number of hydrogen-bond donors (Lipinski definition) is 1. The Balaban J connectivity index is 1.18. The second-order valence-electron chi connectivity index (χ2n) is 10.0. The first kappa shape index (κ1) is 25.3. The monoisotopic (exact) mass is 531 g/mol. The predicted molar refractivity (Wildman–Crippen MR) is 152 cm³/mol. The van der Waals surface area contributed by atoms with Crippen molar-refractivity contribution in [3.63, 3.8) is 0 Å². The van der Waals surface area contributed by atoms with E-state index in [2.05, 4.69) is 27.2 Å². The summed E-state index contributed by atoms with van der Waals surface area (Å²) >= 11 is 0. The van der Waals surface area contributed by atoms with Crippen LogP contribution in [0, 0.1) is 11.3 Å². The summed E-state index contributed by atoms with van der Waals surface area (Å²) in [6.45, 7) is 2.64. The zero-order valence-electron chi connectivity index (χ0n) is 22.2. The molecule has 10 nitrogen and oxygen atoms in total. The van der Waals surface area contributed by atoms with E-state index in [1.54, 1.807) is 21.6 Å². The lowest BCUT2D eigenvalue weighted by Crippen LogP contribution is -2.49. The maximum absolute atomic E-state index is 12.9. The first-order chi connectivity index (χ1) is 19.5. The van der Waals surface area contributed by atoms with Crippen LogP contribution in [0.1, 0.15) is 23.6 Å². The molecule has 1 aliphatic heterocycles. The van der Waals surface area contributed by atoms with Gasteiger partial charge in [-0.3, -0.25) is 9.48 Å². The minimum atomic E-state index is -0.304. The zero-order valence-corrected chi connectivity index (χ0v) is 22.2. The second-order valence-corrected chi connectivity index (χ2v) is 10.0. The van der Waals surface area contributed by atoms with Crippen molar-refractivity contribution in [3.8, 4) is 28.3 Å². The number of nitriles is 1. The number of amides is 1. The Morgan fingerprint density at radius 1 is 0.975 bits per heavy atom. The van der Waals surface area contributed by atoms with Gasteiger partial charge in [-0.2, -0.15) is 15.5 Å². The van der Waals surface area contributed by atoms with Crippen molar-refractivity contribution in [2.24, 2.45) is 12.8 Å². The van der Waals surface area contributed by atoms with Gasteiger partial charge in [-0.15, -0.1) is 0 Å². The van der Waals surface area contributed by atoms with Crippen LogP contribution in [0.3, 0.4) is 0 Å². The van der Waals surface area contributed by atoms with E-state index in [9.17, 15) is 10.1 Å². The fourth-order valence-electron chi connectivity index (χ4n) is 5.20. The molecule has 1 unspecified atom stereocenters. The number of piperazine rings is 1. The third-order valence-corrected chi connectivity index (χ3v) is 7.41. The van der Waals surface area contributed by atoms with Crippen LogP contribution in [0.2, 0.25) is 0 Å². The van der Waals surface area contributed by atoms with Crippen LogP contribution in [-0.2, 0) is 11.8 Å². The number of hydrogen-bond acceptors (Lipinski definition) is 7. The smallest absolute Gasteiger partial charge is 0.224 e. The largest absolute Gasteiger partial charge is 0.353 e. The fraction of sp³-hybridized carbons (Fsp3) is 0.233. The van der Waals surface area contributed by atoms with Gasteiger partial charge in [0.1, 0.15) is 11.9 Å². The standard InChI is InChI=1S/C30H29N9O/c1-36-19-25(18-34-36)23-13-26(30-24(15-31)17-35-39(30)20-23)22-7-8-28(33-16-22)37-9-11-38(12-10-37)29(40)14-27(32)21-5-3-2-4-6-21/h2-8,13,16-20,27H,9-12,14,32H2,1H3. The van der Waals surface area contributed by atoms with E-state index in [1.807, 2.05) is 73.0 Å². The minimum Gasteiger partial charge on any atom is -0.353 e. The Hall–Kier alpha value is -5.01. The molecule has 1 aromatic carbocycles. The summed E-state index contributed by atoms with van der Waals surface area (Å²) in [7, 11) is 1.88. The Kier molecular flexibility index (Phi) is 6.72. The summed E-state index contributed by atoms with van der Waals surface area (Å²) in [5.41, 5.74) is 12.2. The first-order valence-corrected chi connectivity index (χ1v) is 13.2. The Morgan fingerprint density at radius 2 is 1.77 bits per heavy atom. The molecule has 5 aromatic rings. The molecule has 40 heavy (non-hydrogen) atoms. The van der Waals surface area contributed by atoms with E-state index < -0.39 is 0 Å². The molecule has 0 aliphatic carbocycles. The summed E-state index contributed by atoms with van der Waals surface area (Å²) in [6.07, 6.45) is 9.37. The van der Waals surface area contributed by atoms with Crippen molar-refractivity contribution in [2.75, 3.05) is 31.1 Å². The molecule has 1 saturated heterocycles. The number of fused-ring (bicyclic) bond motifs is 1. The van der Waals surface area contributed by atoms with Crippen molar-refractivity contribution < 1.29 is 4.79 Å². The van der Waals surface area contributed by atoms with E-state index in [0.717, 1.165) is 39.2 Å². The van der Waals surface area contributed by atoms with E-state index in [0.29, 0.717) is 38.2 Å².